The van der Waals surface area contributed by atoms with Gasteiger partial charge in [-0.1, -0.05) is 83.0 Å². The first-order valence-corrected chi connectivity index (χ1v) is 9.52. The van der Waals surface area contributed by atoms with Crippen molar-refractivity contribution in [1.29, 1.82) is 0 Å². The monoisotopic (exact) mass is 466 g/mol. The third kappa shape index (κ3) is 14.5. The summed E-state index contributed by atoms with van der Waals surface area (Å²) in [6, 6.07) is 17.4. The molecule has 2 aromatic carbocycles. The van der Waals surface area contributed by atoms with Gasteiger partial charge < -0.3 is 10.2 Å². The zero-order chi connectivity index (χ0) is 20.8. The van der Waals surface area contributed by atoms with Gasteiger partial charge in [0.15, 0.2) is 0 Å². The first-order valence-electron chi connectivity index (χ1n) is 9.52. The molecule has 0 radical (unpaired) electrons. The van der Waals surface area contributed by atoms with E-state index < -0.39 is 0 Å². The van der Waals surface area contributed by atoms with Gasteiger partial charge in [-0.05, 0) is 64.8 Å². The number of phenolic OH excluding ortho intramolecular Hbond substituents is 2. The average molecular weight is 468 g/mol. The maximum Gasteiger partial charge on any atom is 0.115 e. The molecule has 0 unspecified atom stereocenters. The number of rotatable bonds is 0. The molecular formula is C26H32O2Zr. The standard InChI is InChI=1S/2C7H10.2C6H6O.Zr/c2*1-6-3-4-7(2)5-6;2*7-6-4-2-1-3-5-6;/h2*3,5H,4H2,1-2H3;2*1-5,7H;. The van der Waals surface area contributed by atoms with E-state index >= 15 is 0 Å². The van der Waals surface area contributed by atoms with Crippen LogP contribution in [0, 0.1) is 0 Å². The molecule has 152 valence electrons. The van der Waals surface area contributed by atoms with Crippen molar-refractivity contribution in [2.24, 2.45) is 0 Å². The Morgan fingerprint density at radius 1 is 0.552 bits per heavy atom. The molecule has 0 amide bonds. The van der Waals surface area contributed by atoms with Crippen molar-refractivity contribution in [1.82, 2.24) is 0 Å². The fourth-order valence-corrected chi connectivity index (χ4v) is 2.51. The summed E-state index contributed by atoms with van der Waals surface area (Å²) in [4.78, 5) is 0. The maximum atomic E-state index is 8.63. The van der Waals surface area contributed by atoms with Crippen molar-refractivity contribution < 1.29 is 36.4 Å². The molecule has 3 heteroatoms. The van der Waals surface area contributed by atoms with Gasteiger partial charge >= 0.3 is 0 Å². The quantitative estimate of drug-likeness (QED) is 0.425. The Labute approximate surface area is 195 Å². The zero-order valence-corrected chi connectivity index (χ0v) is 20.3. The molecule has 2 N–H and O–H groups in total. The van der Waals surface area contributed by atoms with Gasteiger partial charge in [0.1, 0.15) is 11.5 Å². The topological polar surface area (TPSA) is 40.5 Å². The summed E-state index contributed by atoms with van der Waals surface area (Å²) in [5.41, 5.74) is 5.80. The molecule has 0 atom stereocenters. The van der Waals surface area contributed by atoms with Crippen LogP contribution in [0.3, 0.4) is 0 Å². The minimum Gasteiger partial charge on any atom is -0.508 e. The van der Waals surface area contributed by atoms with Crippen LogP contribution in [0.25, 0.3) is 0 Å². The molecule has 4 rings (SSSR count). The van der Waals surface area contributed by atoms with Crippen LogP contribution in [-0.4, -0.2) is 10.2 Å². The molecule has 29 heavy (non-hydrogen) atoms. The van der Waals surface area contributed by atoms with E-state index in [1.165, 1.54) is 35.1 Å². The van der Waals surface area contributed by atoms with Crippen LogP contribution in [0.15, 0.2) is 107 Å². The summed E-state index contributed by atoms with van der Waals surface area (Å²) in [5.74, 6) is 0.644. The Hall–Kier alpha value is -2.12. The van der Waals surface area contributed by atoms with E-state index in [2.05, 4.69) is 52.0 Å². The number of para-hydroxylation sites is 2. The Morgan fingerprint density at radius 2 is 0.862 bits per heavy atom. The van der Waals surface area contributed by atoms with Crippen molar-refractivity contribution in [3.8, 4) is 11.5 Å². The Bertz CT molecular complexity index is 745. The van der Waals surface area contributed by atoms with Gasteiger partial charge in [-0.3, -0.25) is 0 Å². The van der Waals surface area contributed by atoms with Crippen LogP contribution in [0.4, 0.5) is 0 Å². The smallest absolute Gasteiger partial charge is 0.115 e. The summed E-state index contributed by atoms with van der Waals surface area (Å²) in [5, 5.41) is 17.3. The molecule has 2 aromatic rings. The molecule has 0 spiro atoms. The van der Waals surface area contributed by atoms with Gasteiger partial charge in [-0.15, -0.1) is 0 Å². The average Bonchev–Trinajstić information content (AvgIpc) is 3.24. The number of benzene rings is 2. The summed E-state index contributed by atoms with van der Waals surface area (Å²) in [7, 11) is 0. The fraction of sp³-hybridized carbons (Fsp3) is 0.231. The molecule has 2 aliphatic rings. The van der Waals surface area contributed by atoms with Gasteiger partial charge in [0.25, 0.3) is 0 Å². The third-order valence-corrected chi connectivity index (χ3v) is 3.95. The van der Waals surface area contributed by atoms with Crippen molar-refractivity contribution in [3.63, 3.8) is 0 Å². The van der Waals surface area contributed by atoms with Crippen molar-refractivity contribution in [2.75, 3.05) is 0 Å². The summed E-state index contributed by atoms with van der Waals surface area (Å²) in [6.07, 6.45) is 11.3. The molecule has 0 bridgehead atoms. The molecule has 0 saturated carbocycles. The molecule has 2 aliphatic carbocycles. The SMILES string of the molecule is CC1=CCC(C)=C1.CC1=CCC(C)=C1.Oc1ccccc1.Oc1ccccc1.[Zr]. The van der Waals surface area contributed by atoms with Crippen molar-refractivity contribution in [2.45, 2.75) is 40.5 Å². The second kappa shape index (κ2) is 15.8. The summed E-state index contributed by atoms with van der Waals surface area (Å²) < 4.78 is 0. The summed E-state index contributed by atoms with van der Waals surface area (Å²) >= 11 is 0. The molecule has 0 aromatic heterocycles. The summed E-state index contributed by atoms with van der Waals surface area (Å²) in [6.45, 7) is 8.59. The second-order valence-corrected chi connectivity index (χ2v) is 6.96. The number of hydrogen-bond donors (Lipinski definition) is 2. The third-order valence-electron chi connectivity index (χ3n) is 3.95. The largest absolute Gasteiger partial charge is 0.508 e. The normalized spacial score (nSPS) is 13.4. The predicted molar refractivity (Wildman–Crippen MR) is 120 cm³/mol. The van der Waals surface area contributed by atoms with E-state index in [0.29, 0.717) is 11.5 Å². The minimum atomic E-state index is 0. The van der Waals surface area contributed by atoms with E-state index in [1.807, 2.05) is 12.1 Å². The van der Waals surface area contributed by atoms with E-state index in [9.17, 15) is 0 Å². The Morgan fingerprint density at radius 3 is 0.966 bits per heavy atom. The van der Waals surface area contributed by atoms with Crippen molar-refractivity contribution >= 4 is 0 Å². The molecule has 0 fully saturated rings. The second-order valence-electron chi connectivity index (χ2n) is 6.96. The zero-order valence-electron chi connectivity index (χ0n) is 17.9. The maximum absolute atomic E-state index is 8.63. The van der Waals surface area contributed by atoms with Gasteiger partial charge in [0.05, 0.1) is 0 Å². The van der Waals surface area contributed by atoms with Gasteiger partial charge in [-0.25, -0.2) is 0 Å². The van der Waals surface area contributed by atoms with Crippen LogP contribution < -0.4 is 0 Å². The number of phenols is 2. The predicted octanol–water partition coefficient (Wildman–Crippen LogP) is 7.35. The first-order chi connectivity index (χ1) is 13.4. The van der Waals surface area contributed by atoms with Crippen LogP contribution in [0.5, 0.6) is 11.5 Å². The van der Waals surface area contributed by atoms with Gasteiger partial charge in [0.2, 0.25) is 0 Å². The Kier molecular flexibility index (Phi) is 14.6. The molecular weight excluding hydrogens is 436 g/mol. The molecule has 0 heterocycles. The minimum absolute atomic E-state index is 0. The molecule has 0 aliphatic heterocycles. The number of allylic oxidation sites excluding steroid dienone is 8. The van der Waals surface area contributed by atoms with E-state index in [0.717, 1.165) is 0 Å². The molecule has 2 nitrogen and oxygen atoms in total. The van der Waals surface area contributed by atoms with Crippen LogP contribution >= 0.6 is 0 Å². The van der Waals surface area contributed by atoms with Crippen LogP contribution in [-0.2, 0) is 26.2 Å². The fourth-order valence-electron chi connectivity index (χ4n) is 2.51. The Balaban J connectivity index is 0.000000356. The number of hydrogen-bond acceptors (Lipinski definition) is 2. The van der Waals surface area contributed by atoms with E-state index in [-0.39, 0.29) is 26.2 Å². The van der Waals surface area contributed by atoms with Crippen LogP contribution in [0.1, 0.15) is 40.5 Å². The van der Waals surface area contributed by atoms with E-state index in [4.69, 9.17) is 10.2 Å². The number of aromatic hydroxyl groups is 2. The van der Waals surface area contributed by atoms with Crippen molar-refractivity contribution in [3.05, 3.63) is 107 Å². The first kappa shape index (κ1) is 26.9. The molecule has 0 saturated heterocycles. The van der Waals surface area contributed by atoms with Crippen LogP contribution in [0.2, 0.25) is 0 Å². The van der Waals surface area contributed by atoms with Gasteiger partial charge in [-0.2, -0.15) is 0 Å². The van der Waals surface area contributed by atoms with Gasteiger partial charge in [0, 0.05) is 26.2 Å². The van der Waals surface area contributed by atoms with E-state index in [1.54, 1.807) is 48.5 Å².